The van der Waals surface area contributed by atoms with E-state index in [1.807, 2.05) is 27.7 Å². The first kappa shape index (κ1) is 23.8. The van der Waals surface area contributed by atoms with Gasteiger partial charge in [-0.25, -0.2) is 0 Å². The zero-order chi connectivity index (χ0) is 17.9. The third-order valence-corrected chi connectivity index (χ3v) is 2.31. The summed E-state index contributed by atoms with van der Waals surface area (Å²) in [6, 6.07) is 0. The molecule has 0 aromatic rings. The first-order valence-electron chi connectivity index (χ1n) is 8.03. The van der Waals surface area contributed by atoms with Crippen LogP contribution in [0, 0.1) is 0 Å². The Kier molecular flexibility index (Phi) is 19.2. The third kappa shape index (κ3) is 18.5. The first-order valence-corrected chi connectivity index (χ1v) is 8.03. The molecule has 0 aromatic carbocycles. The molecule has 0 saturated heterocycles. The zero-order valence-corrected chi connectivity index (χ0v) is 14.7. The van der Waals surface area contributed by atoms with Gasteiger partial charge in [-0.2, -0.15) is 0 Å². The van der Waals surface area contributed by atoms with Crippen LogP contribution in [-0.2, 0) is 33.3 Å². The van der Waals surface area contributed by atoms with E-state index < -0.39 is 6.29 Å². The second-order valence-corrected chi connectivity index (χ2v) is 4.37. The fraction of sp³-hybridized carbons (Fsp3) is 0.812. The lowest BCUT2D eigenvalue weighted by Crippen LogP contribution is -2.25. The van der Waals surface area contributed by atoms with Crippen molar-refractivity contribution in [2.75, 3.05) is 26.4 Å². The van der Waals surface area contributed by atoms with Crippen molar-refractivity contribution >= 4 is 18.2 Å². The Balaban J connectivity index is 0. The number of aldehydes is 1. The molecule has 0 fully saturated rings. The van der Waals surface area contributed by atoms with Crippen LogP contribution in [0.5, 0.6) is 0 Å². The summed E-state index contributed by atoms with van der Waals surface area (Å²) < 4.78 is 19.8. The van der Waals surface area contributed by atoms with Crippen LogP contribution in [-0.4, -0.2) is 50.9 Å². The van der Waals surface area contributed by atoms with Crippen LogP contribution in [0.2, 0.25) is 0 Å². The molecule has 136 valence electrons. The van der Waals surface area contributed by atoms with E-state index in [0.29, 0.717) is 32.3 Å². The van der Waals surface area contributed by atoms with Crippen molar-refractivity contribution in [1.82, 2.24) is 0 Å². The Hall–Kier alpha value is -1.47. The summed E-state index contributed by atoms with van der Waals surface area (Å²) in [6.45, 7) is 8.73. The van der Waals surface area contributed by atoms with E-state index >= 15 is 0 Å². The molecule has 23 heavy (non-hydrogen) atoms. The van der Waals surface area contributed by atoms with Crippen LogP contribution in [0.3, 0.4) is 0 Å². The van der Waals surface area contributed by atoms with Crippen LogP contribution in [0.25, 0.3) is 0 Å². The molecule has 0 aromatic heterocycles. The van der Waals surface area contributed by atoms with E-state index in [4.69, 9.17) is 14.2 Å². The summed E-state index contributed by atoms with van der Waals surface area (Å²) in [4.78, 5) is 31.1. The standard InChI is InChI=1S/C10H20O4.C6H10O3/c1-4-7-9(11)14-8-10(12-5-2)13-6-3;1-2-3-6(8)9-5-4-7/h10H,4-8H2,1-3H3;4H,2-3,5H2,1H3. The van der Waals surface area contributed by atoms with E-state index in [0.717, 1.165) is 12.8 Å². The van der Waals surface area contributed by atoms with Gasteiger partial charge in [-0.1, -0.05) is 13.8 Å². The molecule has 0 heterocycles. The maximum atomic E-state index is 11.0. The molecule has 0 atom stereocenters. The van der Waals surface area contributed by atoms with Gasteiger partial charge >= 0.3 is 11.9 Å². The number of hydrogen-bond acceptors (Lipinski definition) is 7. The molecule has 0 radical (unpaired) electrons. The van der Waals surface area contributed by atoms with Gasteiger partial charge in [0, 0.05) is 26.1 Å². The van der Waals surface area contributed by atoms with Gasteiger partial charge in [-0.3, -0.25) is 14.4 Å². The van der Waals surface area contributed by atoms with Crippen LogP contribution >= 0.6 is 0 Å². The fourth-order valence-electron chi connectivity index (χ4n) is 1.36. The predicted molar refractivity (Wildman–Crippen MR) is 84.8 cm³/mol. The van der Waals surface area contributed by atoms with E-state index in [9.17, 15) is 14.4 Å². The topological polar surface area (TPSA) is 88.1 Å². The Morgan fingerprint density at radius 2 is 1.35 bits per heavy atom. The van der Waals surface area contributed by atoms with E-state index in [1.54, 1.807) is 0 Å². The van der Waals surface area contributed by atoms with Gasteiger partial charge in [0.1, 0.15) is 13.2 Å². The summed E-state index contributed by atoms with van der Waals surface area (Å²) in [6.07, 6.45) is 2.54. The van der Waals surface area contributed by atoms with Crippen molar-refractivity contribution in [2.45, 2.75) is 59.7 Å². The molecule has 0 saturated carbocycles. The number of ether oxygens (including phenoxy) is 4. The van der Waals surface area contributed by atoms with Gasteiger partial charge in [-0.15, -0.1) is 0 Å². The lowest BCUT2D eigenvalue weighted by Gasteiger charge is -2.16. The first-order chi connectivity index (χ1) is 11.0. The minimum absolute atomic E-state index is 0.112. The molecule has 0 N–H and O–H groups in total. The molecule has 0 aliphatic rings. The molecule has 0 spiro atoms. The van der Waals surface area contributed by atoms with Crippen LogP contribution in [0.1, 0.15) is 53.4 Å². The minimum Gasteiger partial charge on any atom is -0.460 e. The van der Waals surface area contributed by atoms with Crippen molar-refractivity contribution in [3.63, 3.8) is 0 Å². The number of esters is 2. The highest BCUT2D eigenvalue weighted by Gasteiger charge is 2.10. The lowest BCUT2D eigenvalue weighted by atomic mass is 10.3. The third-order valence-electron chi connectivity index (χ3n) is 2.31. The molecule has 0 aliphatic heterocycles. The molecule has 7 nitrogen and oxygen atoms in total. The minimum atomic E-state index is -0.425. The molecule has 0 bridgehead atoms. The van der Waals surface area contributed by atoms with E-state index in [2.05, 4.69) is 4.74 Å². The number of hydrogen-bond donors (Lipinski definition) is 0. The molecule has 7 heteroatoms. The van der Waals surface area contributed by atoms with Crippen molar-refractivity contribution in [2.24, 2.45) is 0 Å². The Morgan fingerprint density at radius 1 is 0.870 bits per heavy atom. The Bertz CT molecular complexity index is 299. The maximum Gasteiger partial charge on any atom is 0.306 e. The number of carbonyl (C=O) groups is 3. The van der Waals surface area contributed by atoms with Crippen molar-refractivity contribution in [3.05, 3.63) is 0 Å². The molecule has 0 aliphatic carbocycles. The van der Waals surface area contributed by atoms with E-state index in [-0.39, 0.29) is 25.2 Å². The van der Waals surface area contributed by atoms with Crippen LogP contribution < -0.4 is 0 Å². The molecule has 0 rings (SSSR count). The Morgan fingerprint density at radius 3 is 1.74 bits per heavy atom. The predicted octanol–water partition coefficient (Wildman–Crippen LogP) is 2.26. The van der Waals surface area contributed by atoms with Crippen LogP contribution in [0.15, 0.2) is 0 Å². The van der Waals surface area contributed by atoms with Crippen molar-refractivity contribution < 1.29 is 33.3 Å². The molecular weight excluding hydrogens is 304 g/mol. The fourth-order valence-corrected chi connectivity index (χ4v) is 1.36. The number of carbonyl (C=O) groups excluding carboxylic acids is 3. The summed E-state index contributed by atoms with van der Waals surface area (Å²) in [5.41, 5.74) is 0. The second kappa shape index (κ2) is 18.6. The smallest absolute Gasteiger partial charge is 0.306 e. The molecule has 0 amide bonds. The molecule has 0 unspecified atom stereocenters. The zero-order valence-electron chi connectivity index (χ0n) is 14.7. The lowest BCUT2D eigenvalue weighted by molar-refractivity contribution is -0.179. The summed E-state index contributed by atoms with van der Waals surface area (Å²) in [7, 11) is 0. The van der Waals surface area contributed by atoms with Gasteiger partial charge in [0.05, 0.1) is 0 Å². The molecular formula is C16H30O7. The second-order valence-electron chi connectivity index (χ2n) is 4.37. The average molecular weight is 334 g/mol. The average Bonchev–Trinajstić information content (AvgIpc) is 2.52. The van der Waals surface area contributed by atoms with Crippen LogP contribution in [0.4, 0.5) is 0 Å². The van der Waals surface area contributed by atoms with E-state index in [1.165, 1.54) is 0 Å². The van der Waals surface area contributed by atoms with Gasteiger partial charge in [0.15, 0.2) is 12.6 Å². The SMILES string of the molecule is CCCC(=O)OCC(OCC)OCC.CCCC(=O)OCC=O. The van der Waals surface area contributed by atoms with Gasteiger partial charge in [0.25, 0.3) is 0 Å². The van der Waals surface area contributed by atoms with Gasteiger partial charge in [-0.05, 0) is 26.7 Å². The van der Waals surface area contributed by atoms with Crippen molar-refractivity contribution in [1.29, 1.82) is 0 Å². The highest BCUT2D eigenvalue weighted by Crippen LogP contribution is 1.98. The highest BCUT2D eigenvalue weighted by atomic mass is 16.7. The quantitative estimate of drug-likeness (QED) is 0.307. The summed E-state index contributed by atoms with van der Waals surface area (Å²) >= 11 is 0. The normalized spacial score (nSPS) is 9.78. The Labute approximate surface area is 138 Å². The monoisotopic (exact) mass is 334 g/mol. The summed E-state index contributed by atoms with van der Waals surface area (Å²) in [5.74, 6) is -0.499. The van der Waals surface area contributed by atoms with Crippen molar-refractivity contribution in [3.8, 4) is 0 Å². The summed E-state index contributed by atoms with van der Waals surface area (Å²) in [5, 5.41) is 0. The van der Waals surface area contributed by atoms with Gasteiger partial charge < -0.3 is 18.9 Å². The van der Waals surface area contributed by atoms with Gasteiger partial charge in [0.2, 0.25) is 0 Å². The maximum absolute atomic E-state index is 11.0. The highest BCUT2D eigenvalue weighted by molar-refractivity contribution is 5.71. The largest absolute Gasteiger partial charge is 0.460 e. The number of rotatable bonds is 12.